The van der Waals surface area contributed by atoms with E-state index < -0.39 is 5.97 Å². The molecule has 0 saturated heterocycles. The minimum Gasteiger partial charge on any atom is -0.465 e. The molecule has 0 aliphatic heterocycles. The molecule has 3 rings (SSSR count). The van der Waals surface area contributed by atoms with Crippen molar-refractivity contribution in [2.45, 2.75) is 30.5 Å². The summed E-state index contributed by atoms with van der Waals surface area (Å²) in [6.07, 6.45) is 4.07. The van der Waals surface area contributed by atoms with Gasteiger partial charge in [0.15, 0.2) is 5.16 Å². The van der Waals surface area contributed by atoms with Crippen LogP contribution in [-0.2, 0) is 16.1 Å². The van der Waals surface area contributed by atoms with E-state index in [2.05, 4.69) is 22.1 Å². The van der Waals surface area contributed by atoms with Gasteiger partial charge in [0.1, 0.15) is 10.7 Å². The third-order valence-corrected chi connectivity index (χ3v) is 5.50. The Balaban J connectivity index is 1.62. The molecule has 9 heteroatoms. The molecule has 1 fully saturated rings. The van der Waals surface area contributed by atoms with Crippen LogP contribution in [0.3, 0.4) is 0 Å². The highest BCUT2D eigenvalue weighted by molar-refractivity contribution is 7.99. The Morgan fingerprint density at radius 3 is 3.00 bits per heavy atom. The van der Waals surface area contributed by atoms with Gasteiger partial charge in [-0.2, -0.15) is 0 Å². The highest BCUT2D eigenvalue weighted by atomic mass is 32.2. The number of hydrogen-bond donors (Lipinski definition) is 1. The fraction of sp³-hybridized carbons (Fsp3) is 0.375. The standard InChI is InChI=1S/C16H18N4O3S2/c1-3-7-20-14(10-4-5-10)18-19-16(20)25-9-12(21)17-11-6-8-24-13(11)15(22)23-2/h3,6,8,10H,1,4-5,7,9H2,2H3,(H,17,21). The van der Waals surface area contributed by atoms with Crippen LogP contribution in [-0.4, -0.2) is 39.5 Å². The van der Waals surface area contributed by atoms with Gasteiger partial charge in [-0.15, -0.1) is 28.1 Å². The molecule has 1 aliphatic rings. The maximum atomic E-state index is 12.2. The van der Waals surface area contributed by atoms with E-state index in [1.807, 2.05) is 4.57 Å². The van der Waals surface area contributed by atoms with E-state index in [0.29, 0.717) is 28.2 Å². The van der Waals surface area contributed by atoms with Crippen molar-refractivity contribution in [1.29, 1.82) is 0 Å². The highest BCUT2D eigenvalue weighted by Gasteiger charge is 2.30. The van der Waals surface area contributed by atoms with Crippen LogP contribution in [0.1, 0.15) is 34.3 Å². The number of esters is 1. The quantitative estimate of drug-likeness (QED) is 0.432. The summed E-state index contributed by atoms with van der Waals surface area (Å²) < 4.78 is 6.71. The zero-order valence-corrected chi connectivity index (χ0v) is 15.4. The van der Waals surface area contributed by atoms with Gasteiger partial charge in [0.25, 0.3) is 0 Å². The molecule has 7 nitrogen and oxygen atoms in total. The number of anilines is 1. The second-order valence-electron chi connectivity index (χ2n) is 5.51. The fourth-order valence-electron chi connectivity index (χ4n) is 2.33. The van der Waals surface area contributed by atoms with Crippen LogP contribution in [0.15, 0.2) is 29.3 Å². The molecule has 2 aromatic rings. The van der Waals surface area contributed by atoms with Crippen LogP contribution in [0, 0.1) is 0 Å². The van der Waals surface area contributed by atoms with Crippen molar-refractivity contribution in [2.24, 2.45) is 0 Å². The first-order valence-electron chi connectivity index (χ1n) is 7.76. The molecule has 0 unspecified atom stereocenters. The van der Waals surface area contributed by atoms with Gasteiger partial charge in [-0.3, -0.25) is 4.79 Å². The number of nitrogens with one attached hydrogen (secondary N) is 1. The molecule has 0 atom stereocenters. The van der Waals surface area contributed by atoms with Crippen molar-refractivity contribution < 1.29 is 14.3 Å². The molecule has 132 valence electrons. The molecular weight excluding hydrogens is 360 g/mol. The number of hydrogen-bond acceptors (Lipinski definition) is 7. The van der Waals surface area contributed by atoms with Crippen LogP contribution < -0.4 is 5.32 Å². The van der Waals surface area contributed by atoms with Crippen LogP contribution >= 0.6 is 23.1 Å². The summed E-state index contributed by atoms with van der Waals surface area (Å²) in [5.74, 6) is 0.946. The lowest BCUT2D eigenvalue weighted by Crippen LogP contribution is -2.16. The summed E-state index contributed by atoms with van der Waals surface area (Å²) in [6.45, 7) is 4.39. The smallest absolute Gasteiger partial charge is 0.350 e. The summed E-state index contributed by atoms with van der Waals surface area (Å²) >= 11 is 2.55. The number of allylic oxidation sites excluding steroid dienone is 1. The molecule has 0 aromatic carbocycles. The number of carbonyl (C=O) groups is 2. The topological polar surface area (TPSA) is 86.1 Å². The third-order valence-electron chi connectivity index (χ3n) is 3.64. The maximum Gasteiger partial charge on any atom is 0.350 e. The number of thiophene rings is 1. The summed E-state index contributed by atoms with van der Waals surface area (Å²) in [5, 5.41) is 13.6. The number of rotatable bonds is 8. The number of carbonyl (C=O) groups excluding carboxylic acids is 2. The predicted octanol–water partition coefficient (Wildman–Crippen LogP) is 2.92. The van der Waals surface area contributed by atoms with Crippen molar-refractivity contribution in [2.75, 3.05) is 18.2 Å². The van der Waals surface area contributed by atoms with Crippen LogP contribution in [0.25, 0.3) is 0 Å². The molecule has 1 amide bonds. The summed E-state index contributed by atoms with van der Waals surface area (Å²) in [7, 11) is 1.31. The SMILES string of the molecule is C=CCn1c(SCC(=O)Nc2ccsc2C(=O)OC)nnc1C1CC1. The lowest BCUT2D eigenvalue weighted by atomic mass is 10.4. The van der Waals surface area contributed by atoms with Gasteiger partial charge < -0.3 is 14.6 Å². The van der Waals surface area contributed by atoms with E-state index in [4.69, 9.17) is 4.74 Å². The first kappa shape index (κ1) is 17.7. The Kier molecular flexibility index (Phi) is 5.54. The molecule has 0 radical (unpaired) electrons. The largest absolute Gasteiger partial charge is 0.465 e. The Morgan fingerprint density at radius 2 is 2.32 bits per heavy atom. The van der Waals surface area contributed by atoms with Crippen LogP contribution in [0.4, 0.5) is 5.69 Å². The second-order valence-corrected chi connectivity index (χ2v) is 7.36. The molecule has 2 aromatic heterocycles. The van der Waals surface area contributed by atoms with E-state index in [0.717, 1.165) is 18.7 Å². The molecule has 0 bridgehead atoms. The molecule has 1 saturated carbocycles. The Bertz CT molecular complexity index is 795. The Labute approximate surface area is 153 Å². The summed E-state index contributed by atoms with van der Waals surface area (Å²) in [4.78, 5) is 24.2. The van der Waals surface area contributed by atoms with E-state index >= 15 is 0 Å². The normalized spacial score (nSPS) is 13.5. The first-order chi connectivity index (χ1) is 12.1. The van der Waals surface area contributed by atoms with Crippen molar-refractivity contribution in [3.8, 4) is 0 Å². The molecule has 1 aliphatic carbocycles. The van der Waals surface area contributed by atoms with Crippen molar-refractivity contribution in [3.63, 3.8) is 0 Å². The van der Waals surface area contributed by atoms with E-state index in [-0.39, 0.29) is 11.7 Å². The molecule has 1 N–H and O–H groups in total. The zero-order chi connectivity index (χ0) is 17.8. The Hall–Kier alpha value is -2.13. The van der Waals surface area contributed by atoms with Gasteiger partial charge in [0.05, 0.1) is 18.6 Å². The van der Waals surface area contributed by atoms with E-state index in [1.54, 1.807) is 17.5 Å². The zero-order valence-electron chi connectivity index (χ0n) is 13.7. The maximum absolute atomic E-state index is 12.2. The molecule has 0 spiro atoms. The number of nitrogens with zero attached hydrogens (tertiary/aromatic N) is 3. The predicted molar refractivity (Wildman–Crippen MR) is 97.2 cm³/mol. The number of aromatic nitrogens is 3. The first-order valence-corrected chi connectivity index (χ1v) is 9.63. The third kappa shape index (κ3) is 4.10. The molecule has 25 heavy (non-hydrogen) atoms. The lowest BCUT2D eigenvalue weighted by molar-refractivity contribution is -0.113. The van der Waals surface area contributed by atoms with E-state index in [9.17, 15) is 9.59 Å². The van der Waals surface area contributed by atoms with Gasteiger partial charge in [0, 0.05) is 12.5 Å². The minimum absolute atomic E-state index is 0.177. The van der Waals surface area contributed by atoms with Gasteiger partial charge in [0.2, 0.25) is 5.91 Å². The number of ether oxygens (including phenoxy) is 1. The number of amides is 1. The number of methoxy groups -OCH3 is 1. The lowest BCUT2D eigenvalue weighted by Gasteiger charge is -2.07. The van der Waals surface area contributed by atoms with Gasteiger partial charge in [-0.1, -0.05) is 17.8 Å². The fourth-order valence-corrected chi connectivity index (χ4v) is 3.85. The van der Waals surface area contributed by atoms with Crippen molar-refractivity contribution in [3.05, 3.63) is 34.8 Å². The second kappa shape index (κ2) is 7.83. The molecule has 2 heterocycles. The van der Waals surface area contributed by atoms with Gasteiger partial charge in [-0.25, -0.2) is 4.79 Å². The van der Waals surface area contributed by atoms with Gasteiger partial charge in [-0.05, 0) is 24.3 Å². The van der Waals surface area contributed by atoms with Crippen molar-refractivity contribution in [1.82, 2.24) is 14.8 Å². The Morgan fingerprint density at radius 1 is 1.52 bits per heavy atom. The average Bonchev–Trinajstić information content (AvgIpc) is 3.22. The average molecular weight is 378 g/mol. The number of thioether (sulfide) groups is 1. The molecular formula is C16H18N4O3S2. The monoisotopic (exact) mass is 378 g/mol. The van der Waals surface area contributed by atoms with Crippen LogP contribution in [0.2, 0.25) is 0 Å². The minimum atomic E-state index is -0.460. The van der Waals surface area contributed by atoms with Crippen LogP contribution in [0.5, 0.6) is 0 Å². The summed E-state index contributed by atoms with van der Waals surface area (Å²) in [5.41, 5.74) is 0.466. The highest BCUT2D eigenvalue weighted by Crippen LogP contribution is 2.40. The van der Waals surface area contributed by atoms with Gasteiger partial charge >= 0.3 is 5.97 Å². The summed E-state index contributed by atoms with van der Waals surface area (Å²) in [6, 6.07) is 1.69. The van der Waals surface area contributed by atoms with E-state index in [1.165, 1.54) is 30.2 Å². The van der Waals surface area contributed by atoms with Crippen molar-refractivity contribution >= 4 is 40.7 Å².